The molecule has 0 bridgehead atoms. The van der Waals surface area contributed by atoms with Gasteiger partial charge in [0.2, 0.25) is 11.8 Å². The van der Waals surface area contributed by atoms with Crippen LogP contribution in [0.1, 0.15) is 17.3 Å². The Balaban J connectivity index is 1.91. The summed E-state index contributed by atoms with van der Waals surface area (Å²) >= 11 is 0. The molecule has 0 saturated heterocycles. The summed E-state index contributed by atoms with van der Waals surface area (Å²) in [5.74, 6) is -0.127. The molecule has 0 atom stereocenters. The molecule has 3 aromatic rings. The largest absolute Gasteiger partial charge is 0.478 e. The van der Waals surface area contributed by atoms with Crippen molar-refractivity contribution >= 4 is 28.5 Å². The highest BCUT2D eigenvalue weighted by atomic mass is 16.5. The van der Waals surface area contributed by atoms with E-state index in [4.69, 9.17) is 4.74 Å². The van der Waals surface area contributed by atoms with E-state index in [1.54, 1.807) is 36.4 Å². The highest BCUT2D eigenvalue weighted by Gasteiger charge is 2.09. The zero-order valence-corrected chi connectivity index (χ0v) is 12.7. The van der Waals surface area contributed by atoms with E-state index in [-0.39, 0.29) is 17.4 Å². The number of carboxylic acids is 1. The van der Waals surface area contributed by atoms with Crippen molar-refractivity contribution in [2.75, 3.05) is 5.32 Å². The van der Waals surface area contributed by atoms with Crippen molar-refractivity contribution in [3.8, 4) is 11.6 Å². The van der Waals surface area contributed by atoms with Gasteiger partial charge in [0.15, 0.2) is 0 Å². The monoisotopic (exact) mass is 323 g/mol. The fourth-order valence-electron chi connectivity index (χ4n) is 2.28. The van der Waals surface area contributed by atoms with Gasteiger partial charge in [-0.25, -0.2) is 14.8 Å². The van der Waals surface area contributed by atoms with E-state index >= 15 is 0 Å². The van der Waals surface area contributed by atoms with E-state index < -0.39 is 5.97 Å². The van der Waals surface area contributed by atoms with Crippen molar-refractivity contribution in [2.45, 2.75) is 6.92 Å². The molecule has 1 aromatic heterocycles. The molecule has 3 rings (SSSR count). The molecule has 0 saturated carbocycles. The fraction of sp³-hybridized carbons (Fsp3) is 0.0588. The third-order valence-corrected chi connectivity index (χ3v) is 3.25. The summed E-state index contributed by atoms with van der Waals surface area (Å²) in [4.78, 5) is 30.2. The van der Waals surface area contributed by atoms with Crippen LogP contribution >= 0.6 is 0 Å². The average molecular weight is 323 g/mol. The number of aromatic nitrogens is 2. The Morgan fingerprint density at radius 1 is 1.12 bits per heavy atom. The minimum absolute atomic E-state index is 0.231. The number of nitrogens with one attached hydrogen (secondary N) is 1. The summed E-state index contributed by atoms with van der Waals surface area (Å²) in [5.41, 5.74) is 0.231. The van der Waals surface area contributed by atoms with Gasteiger partial charge in [0.05, 0.1) is 5.56 Å². The molecule has 0 aliphatic rings. The summed E-state index contributed by atoms with van der Waals surface area (Å²) in [6, 6.07) is 11.6. The zero-order valence-electron chi connectivity index (χ0n) is 12.7. The van der Waals surface area contributed by atoms with Crippen molar-refractivity contribution in [3.63, 3.8) is 0 Å². The van der Waals surface area contributed by atoms with Gasteiger partial charge in [0.25, 0.3) is 0 Å². The molecule has 7 heteroatoms. The summed E-state index contributed by atoms with van der Waals surface area (Å²) in [6.45, 7) is 1.38. The van der Waals surface area contributed by atoms with Crippen LogP contribution in [0, 0.1) is 0 Å². The highest BCUT2D eigenvalue weighted by Crippen LogP contribution is 2.27. The second-order valence-corrected chi connectivity index (χ2v) is 5.02. The Labute approximate surface area is 136 Å². The number of benzene rings is 2. The minimum Gasteiger partial charge on any atom is -0.478 e. The van der Waals surface area contributed by atoms with Gasteiger partial charge in [-0.3, -0.25) is 4.79 Å². The minimum atomic E-state index is -0.981. The van der Waals surface area contributed by atoms with E-state index in [2.05, 4.69) is 15.3 Å². The lowest BCUT2D eigenvalue weighted by Crippen LogP contribution is -2.07. The van der Waals surface area contributed by atoms with Crippen LogP contribution < -0.4 is 10.1 Å². The lowest BCUT2D eigenvalue weighted by molar-refractivity contribution is -0.114. The molecular formula is C17H13N3O4. The number of fused-ring (bicyclic) bond motifs is 1. The molecule has 1 amide bonds. The molecule has 7 nitrogen and oxygen atoms in total. The first kappa shape index (κ1) is 15.4. The van der Waals surface area contributed by atoms with Crippen LogP contribution in [0.15, 0.2) is 48.8 Å². The molecule has 2 N–H and O–H groups in total. The zero-order chi connectivity index (χ0) is 17.1. The molecule has 24 heavy (non-hydrogen) atoms. The Hall–Kier alpha value is -3.48. The second kappa shape index (κ2) is 6.33. The normalized spacial score (nSPS) is 10.4. The molecule has 1 heterocycles. The van der Waals surface area contributed by atoms with Crippen molar-refractivity contribution < 1.29 is 19.4 Å². The Morgan fingerprint density at radius 2 is 1.96 bits per heavy atom. The van der Waals surface area contributed by atoms with E-state index in [1.165, 1.54) is 19.3 Å². The van der Waals surface area contributed by atoms with Gasteiger partial charge in [-0.2, -0.15) is 0 Å². The summed E-state index contributed by atoms with van der Waals surface area (Å²) in [7, 11) is 0. The number of hydrogen-bond donors (Lipinski definition) is 2. The standard InChI is InChI=1S/C17H13N3O4/c1-10(21)20-15-8-16(19-9-18-15)24-12-5-6-13-11(7-12)3-2-4-14(13)17(22)23/h2-9H,1H3,(H,22,23)(H,18,19,20,21). The highest BCUT2D eigenvalue weighted by molar-refractivity contribution is 6.03. The maximum Gasteiger partial charge on any atom is 0.336 e. The molecule has 0 fully saturated rings. The quantitative estimate of drug-likeness (QED) is 0.765. The van der Waals surface area contributed by atoms with Crippen LogP contribution in [0.25, 0.3) is 10.8 Å². The van der Waals surface area contributed by atoms with Crippen LogP contribution in [-0.2, 0) is 4.79 Å². The van der Waals surface area contributed by atoms with E-state index in [0.29, 0.717) is 17.0 Å². The van der Waals surface area contributed by atoms with Gasteiger partial charge >= 0.3 is 5.97 Å². The SMILES string of the molecule is CC(=O)Nc1cc(Oc2ccc3c(C(=O)O)cccc3c2)ncn1. The first-order chi connectivity index (χ1) is 11.5. The van der Waals surface area contributed by atoms with Crippen LogP contribution in [0.5, 0.6) is 11.6 Å². The summed E-state index contributed by atoms with van der Waals surface area (Å²) in [6.07, 6.45) is 1.28. The van der Waals surface area contributed by atoms with Gasteiger partial charge < -0.3 is 15.2 Å². The number of amides is 1. The lowest BCUT2D eigenvalue weighted by atomic mass is 10.0. The average Bonchev–Trinajstić information content (AvgIpc) is 2.53. The van der Waals surface area contributed by atoms with Crippen molar-refractivity contribution in [3.05, 3.63) is 54.4 Å². The fourth-order valence-corrected chi connectivity index (χ4v) is 2.28. The van der Waals surface area contributed by atoms with Crippen LogP contribution in [-0.4, -0.2) is 27.0 Å². The first-order valence-corrected chi connectivity index (χ1v) is 7.06. The maximum absolute atomic E-state index is 11.2. The van der Waals surface area contributed by atoms with E-state index in [0.717, 1.165) is 5.39 Å². The van der Waals surface area contributed by atoms with Crippen molar-refractivity contribution in [1.29, 1.82) is 0 Å². The van der Waals surface area contributed by atoms with E-state index in [9.17, 15) is 14.7 Å². The third-order valence-electron chi connectivity index (χ3n) is 3.25. The van der Waals surface area contributed by atoms with Crippen LogP contribution in [0.4, 0.5) is 5.82 Å². The first-order valence-electron chi connectivity index (χ1n) is 7.06. The molecule has 0 aliphatic carbocycles. The molecule has 2 aromatic carbocycles. The predicted molar refractivity (Wildman–Crippen MR) is 87.3 cm³/mol. The van der Waals surface area contributed by atoms with Crippen LogP contribution in [0.3, 0.4) is 0 Å². The lowest BCUT2D eigenvalue weighted by Gasteiger charge is -2.08. The number of hydrogen-bond acceptors (Lipinski definition) is 5. The predicted octanol–water partition coefficient (Wildman–Crippen LogP) is 3.08. The number of anilines is 1. The molecule has 0 radical (unpaired) electrons. The number of ether oxygens (including phenoxy) is 1. The Bertz CT molecular complexity index is 940. The van der Waals surface area contributed by atoms with Gasteiger partial charge in [0.1, 0.15) is 17.9 Å². The smallest absolute Gasteiger partial charge is 0.336 e. The number of nitrogens with zero attached hydrogens (tertiary/aromatic N) is 2. The van der Waals surface area contributed by atoms with Gasteiger partial charge in [0, 0.05) is 13.0 Å². The molecule has 0 spiro atoms. The molecule has 0 unspecified atom stereocenters. The molecular weight excluding hydrogens is 310 g/mol. The van der Waals surface area contributed by atoms with Crippen LogP contribution in [0.2, 0.25) is 0 Å². The summed E-state index contributed by atoms with van der Waals surface area (Å²) in [5, 5.41) is 13.1. The van der Waals surface area contributed by atoms with Crippen molar-refractivity contribution in [1.82, 2.24) is 9.97 Å². The number of carboxylic acid groups (broad SMARTS) is 1. The Kier molecular flexibility index (Phi) is 4.07. The molecule has 0 aliphatic heterocycles. The topological polar surface area (TPSA) is 101 Å². The Morgan fingerprint density at radius 3 is 2.71 bits per heavy atom. The van der Waals surface area contributed by atoms with Gasteiger partial charge in [-0.05, 0) is 35.0 Å². The van der Waals surface area contributed by atoms with Gasteiger partial charge in [-0.15, -0.1) is 0 Å². The number of carbonyl (C=O) groups is 2. The van der Waals surface area contributed by atoms with E-state index in [1.807, 2.05) is 0 Å². The van der Waals surface area contributed by atoms with Gasteiger partial charge in [-0.1, -0.05) is 12.1 Å². The number of rotatable bonds is 4. The number of aromatic carboxylic acids is 1. The number of carbonyl (C=O) groups excluding carboxylic acids is 1. The summed E-state index contributed by atoms with van der Waals surface area (Å²) < 4.78 is 5.66. The second-order valence-electron chi connectivity index (χ2n) is 5.02. The van der Waals surface area contributed by atoms with Crippen molar-refractivity contribution in [2.24, 2.45) is 0 Å². The molecule has 120 valence electrons. The third kappa shape index (κ3) is 3.30. The maximum atomic E-state index is 11.2.